The third kappa shape index (κ3) is 1.80. The number of rotatable bonds is 1. The summed E-state index contributed by atoms with van der Waals surface area (Å²) >= 11 is 3.33. The first kappa shape index (κ1) is 8.88. The SMILES string of the molecule is Oc1cc(Br)ccc1N1CCCC1. The van der Waals surface area contributed by atoms with Crippen LogP contribution in [0.15, 0.2) is 22.7 Å². The lowest BCUT2D eigenvalue weighted by Crippen LogP contribution is -2.17. The summed E-state index contributed by atoms with van der Waals surface area (Å²) in [5, 5.41) is 9.68. The Bertz CT molecular complexity index is 308. The van der Waals surface area contributed by atoms with Gasteiger partial charge in [-0.1, -0.05) is 15.9 Å². The highest BCUT2D eigenvalue weighted by molar-refractivity contribution is 9.10. The normalized spacial score (nSPS) is 16.5. The fraction of sp³-hybridized carbons (Fsp3) is 0.400. The molecule has 1 aromatic rings. The average Bonchev–Trinajstić information content (AvgIpc) is 2.56. The predicted octanol–water partition coefficient (Wildman–Crippen LogP) is 2.75. The lowest BCUT2D eigenvalue weighted by Gasteiger charge is -2.18. The fourth-order valence-corrected chi connectivity index (χ4v) is 2.07. The molecular weight excluding hydrogens is 230 g/mol. The van der Waals surface area contributed by atoms with Crippen LogP contribution in [0.25, 0.3) is 0 Å². The molecular formula is C10H12BrNO. The maximum atomic E-state index is 9.68. The summed E-state index contributed by atoms with van der Waals surface area (Å²) in [7, 11) is 0. The number of aromatic hydroxyl groups is 1. The summed E-state index contributed by atoms with van der Waals surface area (Å²) in [6.45, 7) is 2.13. The zero-order chi connectivity index (χ0) is 9.26. The Morgan fingerprint density at radius 2 is 1.92 bits per heavy atom. The Labute approximate surface area is 86.3 Å². The van der Waals surface area contributed by atoms with Gasteiger partial charge in [0.15, 0.2) is 0 Å². The zero-order valence-electron chi connectivity index (χ0n) is 7.33. The molecule has 1 aromatic carbocycles. The third-order valence-corrected chi connectivity index (χ3v) is 2.88. The maximum absolute atomic E-state index is 9.68. The number of phenols is 1. The Kier molecular flexibility index (Phi) is 2.44. The average molecular weight is 242 g/mol. The quantitative estimate of drug-likeness (QED) is 0.818. The molecule has 0 unspecified atom stereocenters. The highest BCUT2D eigenvalue weighted by Crippen LogP contribution is 2.32. The van der Waals surface area contributed by atoms with Gasteiger partial charge in [-0.3, -0.25) is 0 Å². The van der Waals surface area contributed by atoms with Gasteiger partial charge in [-0.05, 0) is 31.0 Å². The molecule has 0 aliphatic carbocycles. The Balaban J connectivity index is 2.29. The van der Waals surface area contributed by atoms with Crippen molar-refractivity contribution in [3.63, 3.8) is 0 Å². The van der Waals surface area contributed by atoms with Crippen molar-refractivity contribution in [2.75, 3.05) is 18.0 Å². The molecule has 2 nitrogen and oxygen atoms in total. The van der Waals surface area contributed by atoms with E-state index < -0.39 is 0 Å². The van der Waals surface area contributed by atoms with Crippen LogP contribution in [0.2, 0.25) is 0 Å². The molecule has 0 atom stereocenters. The van der Waals surface area contributed by atoms with Gasteiger partial charge in [-0.15, -0.1) is 0 Å². The number of benzene rings is 1. The van der Waals surface area contributed by atoms with E-state index in [1.54, 1.807) is 6.07 Å². The van der Waals surface area contributed by atoms with Crippen LogP contribution in [0, 0.1) is 0 Å². The van der Waals surface area contributed by atoms with Gasteiger partial charge in [-0.2, -0.15) is 0 Å². The molecule has 1 saturated heterocycles. The van der Waals surface area contributed by atoms with Crippen LogP contribution < -0.4 is 4.90 Å². The summed E-state index contributed by atoms with van der Waals surface area (Å²) in [4.78, 5) is 2.22. The maximum Gasteiger partial charge on any atom is 0.140 e. The van der Waals surface area contributed by atoms with Gasteiger partial charge in [0.2, 0.25) is 0 Å². The molecule has 1 fully saturated rings. The van der Waals surface area contributed by atoms with Crippen LogP contribution in [-0.2, 0) is 0 Å². The van der Waals surface area contributed by atoms with E-state index in [-0.39, 0.29) is 0 Å². The van der Waals surface area contributed by atoms with Gasteiger partial charge in [0, 0.05) is 17.6 Å². The van der Waals surface area contributed by atoms with Crippen molar-refractivity contribution in [3.8, 4) is 5.75 Å². The molecule has 1 aliphatic rings. The zero-order valence-corrected chi connectivity index (χ0v) is 8.92. The lowest BCUT2D eigenvalue weighted by atomic mass is 10.3. The lowest BCUT2D eigenvalue weighted by molar-refractivity contribution is 0.474. The van der Waals surface area contributed by atoms with E-state index >= 15 is 0 Å². The number of hydrogen-bond donors (Lipinski definition) is 1. The Hall–Kier alpha value is -0.700. The minimum atomic E-state index is 0.372. The minimum Gasteiger partial charge on any atom is -0.506 e. The molecule has 0 aromatic heterocycles. The molecule has 0 radical (unpaired) electrons. The van der Waals surface area contributed by atoms with Crippen molar-refractivity contribution in [2.45, 2.75) is 12.8 Å². The summed E-state index contributed by atoms with van der Waals surface area (Å²) in [5.41, 5.74) is 0.959. The van der Waals surface area contributed by atoms with Gasteiger partial charge in [0.1, 0.15) is 5.75 Å². The molecule has 1 aliphatic heterocycles. The molecule has 2 rings (SSSR count). The first-order valence-electron chi connectivity index (χ1n) is 4.51. The third-order valence-electron chi connectivity index (χ3n) is 2.38. The molecule has 0 spiro atoms. The van der Waals surface area contributed by atoms with Gasteiger partial charge < -0.3 is 10.0 Å². The Morgan fingerprint density at radius 3 is 2.54 bits per heavy atom. The number of hydrogen-bond acceptors (Lipinski definition) is 2. The van der Waals surface area contributed by atoms with Crippen molar-refractivity contribution in [1.82, 2.24) is 0 Å². The van der Waals surface area contributed by atoms with E-state index in [2.05, 4.69) is 20.8 Å². The van der Waals surface area contributed by atoms with E-state index in [0.29, 0.717) is 5.75 Å². The Morgan fingerprint density at radius 1 is 1.23 bits per heavy atom. The van der Waals surface area contributed by atoms with Gasteiger partial charge in [0.05, 0.1) is 5.69 Å². The number of halogens is 1. The van der Waals surface area contributed by atoms with Crippen LogP contribution in [0.1, 0.15) is 12.8 Å². The molecule has 13 heavy (non-hydrogen) atoms. The van der Waals surface area contributed by atoms with E-state index in [1.807, 2.05) is 12.1 Å². The van der Waals surface area contributed by atoms with Crippen LogP contribution in [-0.4, -0.2) is 18.2 Å². The highest BCUT2D eigenvalue weighted by atomic mass is 79.9. The van der Waals surface area contributed by atoms with Gasteiger partial charge in [-0.25, -0.2) is 0 Å². The molecule has 70 valence electrons. The van der Waals surface area contributed by atoms with Crippen LogP contribution in [0.4, 0.5) is 5.69 Å². The first-order valence-corrected chi connectivity index (χ1v) is 5.30. The van der Waals surface area contributed by atoms with Gasteiger partial charge >= 0.3 is 0 Å². The van der Waals surface area contributed by atoms with Gasteiger partial charge in [0.25, 0.3) is 0 Å². The topological polar surface area (TPSA) is 23.5 Å². The minimum absolute atomic E-state index is 0.372. The second kappa shape index (κ2) is 3.58. The summed E-state index contributed by atoms with van der Waals surface area (Å²) in [5.74, 6) is 0.372. The molecule has 1 heterocycles. The van der Waals surface area contributed by atoms with Crippen molar-refractivity contribution >= 4 is 21.6 Å². The van der Waals surface area contributed by atoms with Crippen LogP contribution in [0.3, 0.4) is 0 Å². The second-order valence-electron chi connectivity index (χ2n) is 3.33. The number of phenolic OH excluding ortho intramolecular Hbond substituents is 1. The predicted molar refractivity (Wildman–Crippen MR) is 57.3 cm³/mol. The summed E-state index contributed by atoms with van der Waals surface area (Å²) in [6.07, 6.45) is 2.46. The second-order valence-corrected chi connectivity index (χ2v) is 4.24. The molecule has 1 N–H and O–H groups in total. The fourth-order valence-electron chi connectivity index (χ4n) is 1.72. The molecule has 0 bridgehead atoms. The highest BCUT2D eigenvalue weighted by Gasteiger charge is 2.15. The number of anilines is 1. The van der Waals surface area contributed by atoms with E-state index in [9.17, 15) is 5.11 Å². The summed E-state index contributed by atoms with van der Waals surface area (Å²) < 4.78 is 0.924. The standard InChI is InChI=1S/C10H12BrNO/c11-8-3-4-9(10(13)7-8)12-5-1-2-6-12/h3-4,7,13H,1-2,5-6H2. The number of nitrogens with zero attached hydrogens (tertiary/aromatic N) is 1. The van der Waals surface area contributed by atoms with E-state index in [4.69, 9.17) is 0 Å². The molecule has 3 heteroatoms. The first-order chi connectivity index (χ1) is 6.27. The monoisotopic (exact) mass is 241 g/mol. The van der Waals surface area contributed by atoms with Crippen molar-refractivity contribution in [2.24, 2.45) is 0 Å². The summed E-state index contributed by atoms with van der Waals surface area (Å²) in [6, 6.07) is 5.67. The van der Waals surface area contributed by atoms with Crippen molar-refractivity contribution in [1.29, 1.82) is 0 Å². The molecule has 0 amide bonds. The molecule has 0 saturated carbocycles. The van der Waals surface area contributed by atoms with E-state index in [0.717, 1.165) is 23.2 Å². The van der Waals surface area contributed by atoms with Crippen LogP contribution >= 0.6 is 15.9 Å². The largest absolute Gasteiger partial charge is 0.506 e. The van der Waals surface area contributed by atoms with Crippen molar-refractivity contribution < 1.29 is 5.11 Å². The van der Waals surface area contributed by atoms with Crippen molar-refractivity contribution in [3.05, 3.63) is 22.7 Å². The smallest absolute Gasteiger partial charge is 0.140 e. The van der Waals surface area contributed by atoms with E-state index in [1.165, 1.54) is 12.8 Å². The van der Waals surface area contributed by atoms with Crippen LogP contribution in [0.5, 0.6) is 5.75 Å².